The molecule has 4 aromatic carbocycles. The lowest BCUT2D eigenvalue weighted by atomic mass is 10.1. The van der Waals surface area contributed by atoms with Gasteiger partial charge in [-0.2, -0.15) is 0 Å². The molecular weight excluding hydrogens is 476 g/mol. The molecule has 0 aliphatic rings. The first-order valence-electron chi connectivity index (χ1n) is 12.4. The maximum Gasteiger partial charge on any atom is 0.251 e. The Hall–Kier alpha value is -4.91. The van der Waals surface area contributed by atoms with E-state index >= 15 is 0 Å². The van der Waals surface area contributed by atoms with E-state index in [0.717, 1.165) is 11.1 Å². The van der Waals surface area contributed by atoms with Gasteiger partial charge in [0.25, 0.3) is 11.8 Å². The average molecular weight is 507 g/mol. The first-order chi connectivity index (χ1) is 18.5. The Bertz CT molecular complexity index is 1370. The molecule has 0 aliphatic carbocycles. The predicted molar refractivity (Wildman–Crippen MR) is 150 cm³/mol. The van der Waals surface area contributed by atoms with Crippen molar-refractivity contribution in [3.63, 3.8) is 0 Å². The molecular formula is C31H30N4O3. The summed E-state index contributed by atoms with van der Waals surface area (Å²) in [4.78, 5) is 37.5. The van der Waals surface area contributed by atoms with Gasteiger partial charge in [0.2, 0.25) is 5.91 Å². The first-order valence-corrected chi connectivity index (χ1v) is 12.4. The Morgan fingerprint density at radius 1 is 0.684 bits per heavy atom. The highest BCUT2D eigenvalue weighted by molar-refractivity contribution is 5.97. The van der Waals surface area contributed by atoms with Crippen LogP contribution in [-0.4, -0.2) is 24.3 Å². The van der Waals surface area contributed by atoms with Gasteiger partial charge in [0.05, 0.1) is 12.6 Å². The molecule has 192 valence electrons. The van der Waals surface area contributed by atoms with E-state index in [4.69, 9.17) is 0 Å². The molecule has 0 fully saturated rings. The molecule has 1 unspecified atom stereocenters. The van der Waals surface area contributed by atoms with E-state index in [1.54, 1.807) is 48.5 Å². The summed E-state index contributed by atoms with van der Waals surface area (Å²) in [7, 11) is 0. The van der Waals surface area contributed by atoms with Gasteiger partial charge in [0.1, 0.15) is 0 Å². The zero-order chi connectivity index (χ0) is 26.7. The lowest BCUT2D eigenvalue weighted by molar-refractivity contribution is -0.114. The molecule has 0 bridgehead atoms. The first kappa shape index (κ1) is 26.2. The highest BCUT2D eigenvalue weighted by Gasteiger charge is 2.12. The van der Waals surface area contributed by atoms with Crippen molar-refractivity contribution in [3.8, 4) is 0 Å². The second-order valence-electron chi connectivity index (χ2n) is 8.83. The van der Waals surface area contributed by atoms with Gasteiger partial charge in [0.15, 0.2) is 0 Å². The van der Waals surface area contributed by atoms with Crippen LogP contribution >= 0.6 is 0 Å². The molecule has 38 heavy (non-hydrogen) atoms. The number of anilines is 2. The molecule has 3 amide bonds. The molecule has 0 aromatic heterocycles. The summed E-state index contributed by atoms with van der Waals surface area (Å²) in [5.74, 6) is -0.628. The molecule has 7 heteroatoms. The van der Waals surface area contributed by atoms with Crippen LogP contribution in [0.4, 0.5) is 11.4 Å². The van der Waals surface area contributed by atoms with E-state index in [9.17, 15) is 14.4 Å². The number of carbonyl (C=O) groups is 3. The maximum atomic E-state index is 12.7. The Morgan fingerprint density at radius 3 is 2.08 bits per heavy atom. The number of carbonyl (C=O) groups excluding carboxylic acids is 3. The Balaban J connectivity index is 1.25. The van der Waals surface area contributed by atoms with E-state index in [-0.39, 0.29) is 30.3 Å². The van der Waals surface area contributed by atoms with Gasteiger partial charge in [-0.1, -0.05) is 66.7 Å². The van der Waals surface area contributed by atoms with Gasteiger partial charge in [0, 0.05) is 29.0 Å². The minimum absolute atomic E-state index is 0.0187. The standard InChI is InChI=1S/C31H30N4O3/c1-22(24-11-6-3-7-12-24)34-31(38)26-13-8-14-28(19-26)32-21-29(36)35-27-17-15-25(16-18-27)30(37)33-20-23-9-4-2-5-10-23/h2-19,22,32H,20-21H2,1H3,(H,33,37)(H,34,38)(H,35,36). The summed E-state index contributed by atoms with van der Waals surface area (Å²) in [6.07, 6.45) is 0. The highest BCUT2D eigenvalue weighted by Crippen LogP contribution is 2.15. The van der Waals surface area contributed by atoms with Crippen molar-refractivity contribution >= 4 is 29.1 Å². The van der Waals surface area contributed by atoms with Crippen molar-refractivity contribution in [2.75, 3.05) is 17.2 Å². The summed E-state index contributed by atoms with van der Waals surface area (Å²) < 4.78 is 0. The van der Waals surface area contributed by atoms with Gasteiger partial charge in [-0.25, -0.2) is 0 Å². The highest BCUT2D eigenvalue weighted by atomic mass is 16.2. The summed E-state index contributed by atoms with van der Waals surface area (Å²) >= 11 is 0. The third kappa shape index (κ3) is 7.54. The molecule has 0 heterocycles. The molecule has 4 rings (SSSR count). The molecule has 0 saturated carbocycles. The SMILES string of the molecule is CC(NC(=O)c1cccc(NCC(=O)Nc2ccc(C(=O)NCc3ccccc3)cc2)c1)c1ccccc1. The fourth-order valence-electron chi connectivity index (χ4n) is 3.85. The maximum absolute atomic E-state index is 12.7. The van der Waals surface area contributed by atoms with Crippen molar-refractivity contribution in [1.29, 1.82) is 0 Å². The van der Waals surface area contributed by atoms with Crippen molar-refractivity contribution in [2.24, 2.45) is 0 Å². The van der Waals surface area contributed by atoms with Crippen LogP contribution < -0.4 is 21.3 Å². The van der Waals surface area contributed by atoms with Crippen LogP contribution in [0, 0.1) is 0 Å². The fraction of sp³-hybridized carbons (Fsp3) is 0.129. The van der Waals surface area contributed by atoms with Gasteiger partial charge in [-0.3, -0.25) is 14.4 Å². The summed E-state index contributed by atoms with van der Waals surface area (Å²) in [5, 5.41) is 11.7. The topological polar surface area (TPSA) is 99.3 Å². The molecule has 0 aliphatic heterocycles. The number of rotatable bonds is 10. The quantitative estimate of drug-likeness (QED) is 0.239. The zero-order valence-corrected chi connectivity index (χ0v) is 21.1. The minimum atomic E-state index is -0.251. The lowest BCUT2D eigenvalue weighted by Crippen LogP contribution is -2.27. The Kier molecular flexibility index (Phi) is 8.86. The van der Waals surface area contributed by atoms with Crippen molar-refractivity contribution in [3.05, 3.63) is 131 Å². The van der Waals surface area contributed by atoms with Crippen LogP contribution in [0.25, 0.3) is 0 Å². The summed E-state index contributed by atoms with van der Waals surface area (Å²) in [5.41, 5.74) is 4.29. The van der Waals surface area contributed by atoms with Crippen LogP contribution in [0.2, 0.25) is 0 Å². The lowest BCUT2D eigenvalue weighted by Gasteiger charge is -2.15. The van der Waals surface area contributed by atoms with Crippen LogP contribution in [-0.2, 0) is 11.3 Å². The van der Waals surface area contributed by atoms with Crippen LogP contribution in [0.3, 0.4) is 0 Å². The summed E-state index contributed by atoms with van der Waals surface area (Å²) in [6, 6.07) is 33.0. The zero-order valence-electron chi connectivity index (χ0n) is 21.1. The van der Waals surface area contributed by atoms with E-state index in [2.05, 4.69) is 21.3 Å². The Labute approximate surface area is 222 Å². The van der Waals surface area contributed by atoms with Crippen LogP contribution in [0.5, 0.6) is 0 Å². The predicted octanol–water partition coefficient (Wildman–Crippen LogP) is 5.16. The molecule has 0 spiro atoms. The largest absolute Gasteiger partial charge is 0.376 e. The van der Waals surface area contributed by atoms with Crippen LogP contribution in [0.1, 0.15) is 44.8 Å². The number of hydrogen-bond donors (Lipinski definition) is 4. The van der Waals surface area contributed by atoms with Crippen LogP contribution in [0.15, 0.2) is 109 Å². The van der Waals surface area contributed by atoms with Gasteiger partial charge >= 0.3 is 0 Å². The molecule has 0 saturated heterocycles. The van der Waals surface area contributed by atoms with E-state index in [1.165, 1.54) is 0 Å². The molecule has 0 radical (unpaired) electrons. The molecule has 4 aromatic rings. The number of hydrogen-bond acceptors (Lipinski definition) is 4. The van der Waals surface area contributed by atoms with Crippen molar-refractivity contribution in [1.82, 2.24) is 10.6 Å². The van der Waals surface area contributed by atoms with E-state index in [1.807, 2.05) is 67.6 Å². The normalized spacial score (nSPS) is 11.2. The number of amides is 3. The van der Waals surface area contributed by atoms with E-state index < -0.39 is 0 Å². The van der Waals surface area contributed by atoms with E-state index in [0.29, 0.717) is 29.0 Å². The monoisotopic (exact) mass is 506 g/mol. The smallest absolute Gasteiger partial charge is 0.251 e. The van der Waals surface area contributed by atoms with Crippen molar-refractivity contribution in [2.45, 2.75) is 19.5 Å². The molecule has 7 nitrogen and oxygen atoms in total. The van der Waals surface area contributed by atoms with Gasteiger partial charge in [-0.15, -0.1) is 0 Å². The minimum Gasteiger partial charge on any atom is -0.376 e. The van der Waals surface area contributed by atoms with Crippen molar-refractivity contribution < 1.29 is 14.4 Å². The Morgan fingerprint density at radius 2 is 1.37 bits per heavy atom. The third-order valence-electron chi connectivity index (χ3n) is 5.95. The average Bonchev–Trinajstić information content (AvgIpc) is 2.96. The fourth-order valence-corrected chi connectivity index (χ4v) is 3.85. The second-order valence-corrected chi connectivity index (χ2v) is 8.83. The third-order valence-corrected chi connectivity index (χ3v) is 5.95. The second kappa shape index (κ2) is 12.9. The summed E-state index contributed by atoms with van der Waals surface area (Å²) in [6.45, 7) is 2.40. The van der Waals surface area contributed by atoms with Gasteiger partial charge in [-0.05, 0) is 60.5 Å². The number of benzene rings is 4. The molecule has 4 N–H and O–H groups in total. The van der Waals surface area contributed by atoms with Gasteiger partial charge < -0.3 is 21.3 Å². The number of nitrogens with one attached hydrogen (secondary N) is 4. The molecule has 1 atom stereocenters.